The summed E-state index contributed by atoms with van der Waals surface area (Å²) in [5.74, 6) is 0.990. The first-order valence-corrected chi connectivity index (χ1v) is 7.99. The Bertz CT molecular complexity index is 533. The van der Waals surface area contributed by atoms with E-state index in [4.69, 9.17) is 4.42 Å². The average Bonchev–Trinajstić information content (AvgIpc) is 2.97. The Kier molecular flexibility index (Phi) is 3.59. The van der Waals surface area contributed by atoms with Gasteiger partial charge in [-0.05, 0) is 71.3 Å². The van der Waals surface area contributed by atoms with Gasteiger partial charge in [0.25, 0.3) is 0 Å². The Morgan fingerprint density at radius 1 is 1.44 bits per heavy atom. The quantitative estimate of drug-likeness (QED) is 0.874. The third-order valence-electron chi connectivity index (χ3n) is 3.52. The van der Waals surface area contributed by atoms with Crippen LogP contribution in [0.25, 0.3) is 0 Å². The minimum absolute atomic E-state index is 0.243. The maximum absolute atomic E-state index is 5.61. The molecule has 18 heavy (non-hydrogen) atoms. The van der Waals surface area contributed by atoms with Gasteiger partial charge in [0.2, 0.25) is 0 Å². The van der Waals surface area contributed by atoms with E-state index in [2.05, 4.69) is 39.6 Å². The van der Waals surface area contributed by atoms with Crippen LogP contribution in [0.3, 0.4) is 0 Å². The van der Waals surface area contributed by atoms with Crippen LogP contribution in [0.1, 0.15) is 48.0 Å². The Balaban J connectivity index is 1.74. The molecule has 0 saturated carbocycles. The van der Waals surface area contributed by atoms with Crippen molar-refractivity contribution in [1.29, 1.82) is 0 Å². The lowest BCUT2D eigenvalue weighted by atomic mass is 9.93. The van der Waals surface area contributed by atoms with Gasteiger partial charge in [-0.1, -0.05) is 0 Å². The van der Waals surface area contributed by atoms with Crippen molar-refractivity contribution in [2.24, 2.45) is 0 Å². The van der Waals surface area contributed by atoms with Crippen molar-refractivity contribution in [3.05, 3.63) is 44.4 Å². The highest BCUT2D eigenvalue weighted by atomic mass is 79.9. The number of aryl methyl sites for hydroxylation is 1. The first-order chi connectivity index (χ1) is 8.74. The Hall–Kier alpha value is -0.580. The smallest absolute Gasteiger partial charge is 0.169 e. The fraction of sp³-hybridized carbons (Fsp3) is 0.429. The van der Waals surface area contributed by atoms with E-state index in [1.54, 1.807) is 4.88 Å². The molecule has 0 aliphatic heterocycles. The van der Waals surface area contributed by atoms with Gasteiger partial charge in [0.1, 0.15) is 5.76 Å². The van der Waals surface area contributed by atoms with Crippen LogP contribution < -0.4 is 5.32 Å². The zero-order valence-corrected chi connectivity index (χ0v) is 12.7. The molecule has 1 aliphatic rings. The lowest BCUT2D eigenvalue weighted by Gasteiger charge is -2.26. The van der Waals surface area contributed by atoms with Gasteiger partial charge >= 0.3 is 0 Å². The minimum atomic E-state index is 0.243. The predicted octanol–water partition coefficient (Wildman–Crippen LogP) is 4.83. The molecule has 0 saturated heterocycles. The van der Waals surface area contributed by atoms with E-state index >= 15 is 0 Å². The second-order valence-electron chi connectivity index (χ2n) is 4.77. The van der Waals surface area contributed by atoms with Crippen LogP contribution in [0.4, 0.5) is 0 Å². The molecular weight excluding hydrogens is 310 g/mol. The molecule has 0 radical (unpaired) electrons. The van der Waals surface area contributed by atoms with Crippen molar-refractivity contribution in [1.82, 2.24) is 5.32 Å². The maximum Gasteiger partial charge on any atom is 0.169 e. The molecular formula is C14H16BrNOS. The molecule has 0 amide bonds. The van der Waals surface area contributed by atoms with Crippen LogP contribution in [-0.2, 0) is 6.42 Å². The molecule has 2 heterocycles. The number of halogens is 1. The highest BCUT2D eigenvalue weighted by Gasteiger charge is 2.23. The molecule has 2 unspecified atom stereocenters. The fourth-order valence-electron chi connectivity index (χ4n) is 2.60. The van der Waals surface area contributed by atoms with Crippen molar-refractivity contribution < 1.29 is 4.42 Å². The van der Waals surface area contributed by atoms with E-state index in [1.807, 2.05) is 23.5 Å². The monoisotopic (exact) mass is 325 g/mol. The number of thiophene rings is 1. The highest BCUT2D eigenvalue weighted by Crippen LogP contribution is 2.35. The van der Waals surface area contributed by atoms with Crippen molar-refractivity contribution in [2.75, 3.05) is 0 Å². The van der Waals surface area contributed by atoms with Gasteiger partial charge < -0.3 is 9.73 Å². The minimum Gasteiger partial charge on any atom is -0.453 e. The van der Waals surface area contributed by atoms with Gasteiger partial charge in [0.05, 0.1) is 6.04 Å². The van der Waals surface area contributed by atoms with E-state index in [9.17, 15) is 0 Å². The number of hydrogen-bond donors (Lipinski definition) is 1. The lowest BCUT2D eigenvalue weighted by Crippen LogP contribution is -2.26. The molecule has 1 N–H and O–H groups in total. The van der Waals surface area contributed by atoms with Crippen LogP contribution in [0, 0.1) is 0 Å². The summed E-state index contributed by atoms with van der Waals surface area (Å²) in [6, 6.07) is 6.96. The Morgan fingerprint density at radius 3 is 3.11 bits per heavy atom. The zero-order valence-electron chi connectivity index (χ0n) is 10.3. The Morgan fingerprint density at radius 2 is 2.33 bits per heavy atom. The van der Waals surface area contributed by atoms with Gasteiger partial charge in [-0.3, -0.25) is 0 Å². The maximum atomic E-state index is 5.61. The summed E-state index contributed by atoms with van der Waals surface area (Å²) in [6.45, 7) is 2.16. The Labute approximate surface area is 120 Å². The normalized spacial score (nSPS) is 20.7. The molecule has 2 aromatic heterocycles. The second kappa shape index (κ2) is 5.19. The van der Waals surface area contributed by atoms with E-state index in [0.29, 0.717) is 6.04 Å². The number of hydrogen-bond acceptors (Lipinski definition) is 3. The van der Waals surface area contributed by atoms with Crippen molar-refractivity contribution in [3.8, 4) is 0 Å². The predicted molar refractivity (Wildman–Crippen MR) is 78.0 cm³/mol. The van der Waals surface area contributed by atoms with E-state index in [-0.39, 0.29) is 6.04 Å². The largest absolute Gasteiger partial charge is 0.453 e. The lowest BCUT2D eigenvalue weighted by molar-refractivity contribution is 0.363. The topological polar surface area (TPSA) is 25.2 Å². The van der Waals surface area contributed by atoms with Gasteiger partial charge in [-0.2, -0.15) is 0 Å². The number of furan rings is 1. The summed E-state index contributed by atoms with van der Waals surface area (Å²) < 4.78 is 6.41. The van der Waals surface area contributed by atoms with Crippen LogP contribution >= 0.6 is 27.3 Å². The molecule has 2 atom stereocenters. The van der Waals surface area contributed by atoms with Gasteiger partial charge in [-0.25, -0.2) is 0 Å². The molecule has 0 spiro atoms. The summed E-state index contributed by atoms with van der Waals surface area (Å²) in [5, 5.41) is 5.89. The number of nitrogens with one attached hydrogen (secondary N) is 1. The first kappa shape index (κ1) is 12.5. The molecule has 4 heteroatoms. The van der Waals surface area contributed by atoms with Gasteiger partial charge in [0.15, 0.2) is 4.67 Å². The first-order valence-electron chi connectivity index (χ1n) is 6.31. The van der Waals surface area contributed by atoms with Crippen molar-refractivity contribution in [3.63, 3.8) is 0 Å². The number of rotatable bonds is 3. The molecule has 2 nitrogen and oxygen atoms in total. The van der Waals surface area contributed by atoms with Crippen LogP contribution in [0.5, 0.6) is 0 Å². The van der Waals surface area contributed by atoms with Crippen LogP contribution in [0.2, 0.25) is 0 Å². The molecule has 0 bridgehead atoms. The SMILES string of the molecule is CC(NC1CCCc2sccc21)c1ccc(Br)o1. The van der Waals surface area contributed by atoms with Gasteiger partial charge in [0, 0.05) is 10.9 Å². The van der Waals surface area contributed by atoms with Crippen molar-refractivity contribution >= 4 is 27.3 Å². The highest BCUT2D eigenvalue weighted by molar-refractivity contribution is 9.10. The summed E-state index contributed by atoms with van der Waals surface area (Å²) in [5.41, 5.74) is 1.49. The molecule has 3 rings (SSSR count). The number of fused-ring (bicyclic) bond motifs is 1. The fourth-order valence-corrected chi connectivity index (χ4v) is 3.91. The van der Waals surface area contributed by atoms with E-state index in [1.165, 1.54) is 24.8 Å². The van der Waals surface area contributed by atoms with Crippen molar-refractivity contribution in [2.45, 2.75) is 38.3 Å². The third kappa shape index (κ3) is 2.42. The molecule has 0 aromatic carbocycles. The van der Waals surface area contributed by atoms with Crippen LogP contribution in [0.15, 0.2) is 32.7 Å². The second-order valence-corrected chi connectivity index (χ2v) is 6.56. The third-order valence-corrected chi connectivity index (χ3v) is 4.95. The molecule has 2 aromatic rings. The standard InChI is InChI=1S/C14H16BrNOS/c1-9(12-5-6-14(15)17-12)16-11-3-2-4-13-10(11)7-8-18-13/h5-9,11,16H,2-4H2,1H3. The summed E-state index contributed by atoms with van der Waals surface area (Å²) in [7, 11) is 0. The van der Waals surface area contributed by atoms with E-state index in [0.717, 1.165) is 10.4 Å². The van der Waals surface area contributed by atoms with Crippen LogP contribution in [-0.4, -0.2) is 0 Å². The molecule has 0 fully saturated rings. The average molecular weight is 326 g/mol. The summed E-state index contributed by atoms with van der Waals surface area (Å²) >= 11 is 5.24. The van der Waals surface area contributed by atoms with Gasteiger partial charge in [-0.15, -0.1) is 11.3 Å². The summed E-state index contributed by atoms with van der Waals surface area (Å²) in [6.07, 6.45) is 3.74. The van der Waals surface area contributed by atoms with E-state index < -0.39 is 0 Å². The zero-order chi connectivity index (χ0) is 12.5. The molecule has 1 aliphatic carbocycles. The summed E-state index contributed by atoms with van der Waals surface area (Å²) in [4.78, 5) is 1.55. The molecule has 96 valence electrons.